The molecule has 7 nitrogen and oxygen atoms in total. The van der Waals surface area contributed by atoms with Crippen LogP contribution in [0.2, 0.25) is 0 Å². The largest absolute Gasteiger partial charge is 0.386 e. The smallest absolute Gasteiger partial charge is 0.165 e. The summed E-state index contributed by atoms with van der Waals surface area (Å²) in [6.07, 6.45) is 0. The van der Waals surface area contributed by atoms with E-state index in [0.717, 1.165) is 94.9 Å². The lowest BCUT2D eigenvalue weighted by Crippen LogP contribution is -2.23. The highest BCUT2D eigenvalue weighted by molar-refractivity contribution is 6.26. The van der Waals surface area contributed by atoms with Crippen molar-refractivity contribution >= 4 is 55.5 Å². The number of para-hydroxylation sites is 3. The zero-order chi connectivity index (χ0) is 45.1. The van der Waals surface area contributed by atoms with Crippen LogP contribution in [0.25, 0.3) is 83.4 Å². The van der Waals surface area contributed by atoms with Crippen LogP contribution in [0.1, 0.15) is 28.2 Å². The molecule has 7 heteroatoms. The van der Waals surface area contributed by atoms with Crippen LogP contribution in [-0.4, -0.2) is 30.4 Å². The molecule has 0 aliphatic heterocycles. The zero-order valence-corrected chi connectivity index (χ0v) is 37.0. The molecule has 1 atom stereocenters. The molecule has 1 aliphatic rings. The van der Waals surface area contributed by atoms with Gasteiger partial charge in [-0.05, 0) is 82.4 Å². The van der Waals surface area contributed by atoms with Gasteiger partial charge in [-0.2, -0.15) is 0 Å². The van der Waals surface area contributed by atoms with Gasteiger partial charge in [0.15, 0.2) is 11.5 Å². The van der Waals surface area contributed by atoms with Gasteiger partial charge in [0.25, 0.3) is 0 Å². The number of hydrogen-bond acceptors (Lipinski definition) is 2. The molecule has 1 unspecified atom stereocenters. The molecular weight excluding hydrogens is 831 g/mol. The topological polar surface area (TPSA) is 78.4 Å². The first-order valence-corrected chi connectivity index (χ1v) is 23.1. The average Bonchev–Trinajstić information content (AvgIpc) is 4.14. The molecule has 0 bridgehead atoms. The molecule has 322 valence electrons. The van der Waals surface area contributed by atoms with E-state index in [-0.39, 0.29) is 5.92 Å². The van der Waals surface area contributed by atoms with Gasteiger partial charge in [-0.1, -0.05) is 176 Å². The fourth-order valence-electron chi connectivity index (χ4n) is 10.5. The fourth-order valence-corrected chi connectivity index (χ4v) is 10.5. The Balaban J connectivity index is 1.02. The van der Waals surface area contributed by atoms with Gasteiger partial charge in [-0.3, -0.25) is 14.1 Å². The molecule has 0 saturated carbocycles. The van der Waals surface area contributed by atoms with Crippen LogP contribution >= 0.6 is 0 Å². The molecule has 0 saturated heterocycles. The van der Waals surface area contributed by atoms with Crippen molar-refractivity contribution in [2.75, 3.05) is 0 Å². The highest BCUT2D eigenvalue weighted by Crippen LogP contribution is 2.48. The minimum atomic E-state index is -0.246. The van der Waals surface area contributed by atoms with Crippen LogP contribution in [0.4, 0.5) is 0 Å². The Labute approximate surface area is 393 Å². The molecule has 0 spiro atoms. The molecule has 2 N–H and O–H groups in total. The molecule has 12 aromatic rings. The van der Waals surface area contributed by atoms with E-state index in [2.05, 4.69) is 196 Å². The Morgan fingerprint density at radius 3 is 1.85 bits per heavy atom. The lowest BCUT2D eigenvalue weighted by molar-refractivity contribution is 1.05. The third-order valence-corrected chi connectivity index (χ3v) is 13.4. The van der Waals surface area contributed by atoms with Gasteiger partial charge in [-0.15, -0.1) is 0 Å². The summed E-state index contributed by atoms with van der Waals surface area (Å²) in [6.45, 7) is 0.500. The minimum absolute atomic E-state index is 0.246. The summed E-state index contributed by atoms with van der Waals surface area (Å²) in [6, 6.07) is 80.9. The number of aromatic nitrogens is 4. The van der Waals surface area contributed by atoms with Crippen LogP contribution in [0.5, 0.6) is 0 Å². The summed E-state index contributed by atoms with van der Waals surface area (Å²) in [7, 11) is 0. The Morgan fingerprint density at radius 2 is 1.10 bits per heavy atom. The molecule has 9 aromatic carbocycles. The average molecular weight is 874 g/mol. The number of amidine groups is 2. The molecule has 1 aliphatic carbocycles. The first-order chi connectivity index (χ1) is 33.7. The summed E-state index contributed by atoms with van der Waals surface area (Å²) < 4.78 is 7.12. The molecular formula is C61H43N7. The quantitative estimate of drug-likeness (QED) is 0.122. The molecule has 3 aromatic heterocycles. The minimum Gasteiger partial charge on any atom is -0.386 e. The van der Waals surface area contributed by atoms with E-state index < -0.39 is 0 Å². The highest BCUT2D eigenvalue weighted by atomic mass is 15.2. The van der Waals surface area contributed by atoms with E-state index in [0.29, 0.717) is 18.2 Å². The predicted octanol–water partition coefficient (Wildman–Crippen LogP) is 13.8. The summed E-state index contributed by atoms with van der Waals surface area (Å²) in [5.74, 6) is 1.78. The first-order valence-electron chi connectivity index (χ1n) is 23.1. The van der Waals surface area contributed by atoms with Crippen molar-refractivity contribution in [3.05, 3.63) is 253 Å². The van der Waals surface area contributed by atoms with Gasteiger partial charge in [0, 0.05) is 44.3 Å². The number of nitrogens with zero attached hydrogens (tertiary/aromatic N) is 6. The van der Waals surface area contributed by atoms with Crippen molar-refractivity contribution in [2.45, 2.75) is 12.5 Å². The van der Waals surface area contributed by atoms with Crippen molar-refractivity contribution in [1.82, 2.24) is 18.7 Å². The summed E-state index contributed by atoms with van der Waals surface area (Å²) in [4.78, 5) is 15.7. The highest BCUT2D eigenvalue weighted by Gasteiger charge is 2.33. The maximum Gasteiger partial charge on any atom is 0.165 e. The molecule has 68 heavy (non-hydrogen) atoms. The SMILES string of the molecule is NC(=NC(=NCc1ccccc1)c1ccccc1)C1c2ccccc2-c2cc(-n3c4ccccc4c4c3ccc3c5c(nc(-c6ccccc6)n5-c5ccccc5)n(-c5ccccc5)c34)ccc21. The predicted molar refractivity (Wildman–Crippen MR) is 280 cm³/mol. The monoisotopic (exact) mass is 873 g/mol. The maximum absolute atomic E-state index is 7.18. The Bertz CT molecular complexity index is 3920. The van der Waals surface area contributed by atoms with E-state index >= 15 is 0 Å². The van der Waals surface area contributed by atoms with Crippen LogP contribution in [0.15, 0.2) is 241 Å². The fraction of sp³-hybridized carbons (Fsp3) is 0.0328. The second kappa shape index (κ2) is 16.1. The number of hydrogen-bond donors (Lipinski definition) is 1. The number of aliphatic imine (C=N–C) groups is 2. The van der Waals surface area contributed by atoms with Gasteiger partial charge in [0.1, 0.15) is 17.2 Å². The summed E-state index contributed by atoms with van der Waals surface area (Å²) >= 11 is 0. The third kappa shape index (κ3) is 6.32. The standard InChI is InChI=1S/C61H43N7/c62-58(64-59(41-22-8-2-9-23-41)63-39-40-20-6-1-7-21-40)54-47-31-17-16-30-46(47)51-38-45(34-35-48(51)54)66-52-33-19-18-32-49(52)55-53(66)37-36-50-56(55)67(43-26-12-4-13-27-43)61-57(50)68(44-28-14-5-15-29-44)60(65-61)42-24-10-3-11-25-42/h1-38,54H,39H2,(H2,62,63,64). The summed E-state index contributed by atoms with van der Waals surface area (Å²) in [5.41, 5.74) is 23.3. The van der Waals surface area contributed by atoms with Crippen LogP contribution in [-0.2, 0) is 6.54 Å². The van der Waals surface area contributed by atoms with E-state index in [1.54, 1.807) is 0 Å². The van der Waals surface area contributed by atoms with E-state index in [1.807, 2.05) is 48.5 Å². The summed E-state index contributed by atoms with van der Waals surface area (Å²) in [5, 5.41) is 3.46. The van der Waals surface area contributed by atoms with Crippen molar-refractivity contribution in [1.29, 1.82) is 0 Å². The van der Waals surface area contributed by atoms with E-state index in [9.17, 15) is 0 Å². The third-order valence-electron chi connectivity index (χ3n) is 13.4. The van der Waals surface area contributed by atoms with Gasteiger partial charge >= 0.3 is 0 Å². The number of nitrogens with two attached hydrogens (primary N) is 1. The number of benzene rings is 9. The molecule has 13 rings (SSSR count). The Morgan fingerprint density at radius 1 is 0.485 bits per heavy atom. The lowest BCUT2D eigenvalue weighted by Gasteiger charge is -2.15. The zero-order valence-electron chi connectivity index (χ0n) is 37.0. The second-order valence-corrected chi connectivity index (χ2v) is 17.3. The number of fused-ring (bicyclic) bond motifs is 10. The Hall–Kier alpha value is -9.07. The Kier molecular flexibility index (Phi) is 9.32. The number of rotatable bonds is 8. The first kappa shape index (κ1) is 39.3. The molecule has 3 heterocycles. The number of imidazole rings is 1. The normalized spacial score (nSPS) is 13.7. The van der Waals surface area contributed by atoms with Gasteiger partial charge in [-0.25, -0.2) is 9.98 Å². The lowest BCUT2D eigenvalue weighted by atomic mass is 9.95. The van der Waals surface area contributed by atoms with Crippen molar-refractivity contribution in [2.24, 2.45) is 15.7 Å². The maximum atomic E-state index is 7.18. The van der Waals surface area contributed by atoms with Crippen LogP contribution < -0.4 is 5.73 Å². The molecule has 0 fully saturated rings. The van der Waals surface area contributed by atoms with Gasteiger partial charge in [0.2, 0.25) is 0 Å². The van der Waals surface area contributed by atoms with Crippen molar-refractivity contribution in [3.63, 3.8) is 0 Å². The van der Waals surface area contributed by atoms with E-state index in [1.165, 1.54) is 10.8 Å². The van der Waals surface area contributed by atoms with E-state index in [4.69, 9.17) is 20.7 Å². The molecule has 0 amide bonds. The van der Waals surface area contributed by atoms with Crippen molar-refractivity contribution < 1.29 is 0 Å². The van der Waals surface area contributed by atoms with Crippen LogP contribution in [0.3, 0.4) is 0 Å². The van der Waals surface area contributed by atoms with Crippen molar-refractivity contribution in [3.8, 4) is 39.6 Å². The van der Waals surface area contributed by atoms with Crippen LogP contribution in [0, 0.1) is 0 Å². The van der Waals surface area contributed by atoms with Gasteiger partial charge < -0.3 is 10.3 Å². The second-order valence-electron chi connectivity index (χ2n) is 17.3. The van der Waals surface area contributed by atoms with Gasteiger partial charge in [0.05, 0.1) is 29.0 Å². The molecule has 0 radical (unpaired) electrons.